The molecule has 1 N–H and O–H groups in total. The average Bonchev–Trinajstić information content (AvgIpc) is 1.24. The molecule has 5 fully saturated rings. The molecule has 0 aromatic heterocycles. The van der Waals surface area contributed by atoms with Crippen LogP contribution in [0.2, 0.25) is 109 Å². The molecule has 0 amide bonds. The Morgan fingerprint density at radius 1 is 0.623 bits per heavy atom. The zero-order chi connectivity index (χ0) is 92.2. The van der Waals surface area contributed by atoms with Crippen LogP contribution in [0.15, 0.2) is 90.0 Å². The molecule has 0 bridgehead atoms. The van der Waals surface area contributed by atoms with Crippen molar-refractivity contribution < 1.29 is 104 Å². The Kier molecular flexibility index (Phi) is 36.7. The van der Waals surface area contributed by atoms with E-state index < -0.39 is 195 Å². The summed E-state index contributed by atoms with van der Waals surface area (Å²) >= 11 is 2.29. The van der Waals surface area contributed by atoms with E-state index in [1.807, 2.05) is 18.2 Å². The van der Waals surface area contributed by atoms with Gasteiger partial charge in [0.1, 0.15) is 41.9 Å². The predicted octanol–water partition coefficient (Wildman–Crippen LogP) is 22.2. The molecule has 32 heteroatoms. The van der Waals surface area contributed by atoms with Crippen LogP contribution in [0.25, 0.3) is 0 Å². The number of alkyl halides is 4. The van der Waals surface area contributed by atoms with Crippen LogP contribution in [-0.2, 0) is 83.9 Å². The van der Waals surface area contributed by atoms with Gasteiger partial charge in [-0.25, -0.2) is 13.2 Å². The van der Waals surface area contributed by atoms with Gasteiger partial charge >= 0.3 is 21.6 Å². The Labute approximate surface area is 753 Å². The van der Waals surface area contributed by atoms with Crippen molar-refractivity contribution in [3.8, 4) is 0 Å². The number of halogens is 4. The molecule has 0 saturated carbocycles. The highest BCUT2D eigenvalue weighted by Gasteiger charge is 2.62. The number of allylic oxidation sites excluding steroid dienone is 1. The quantitative estimate of drug-likeness (QED) is 0.00952. The Bertz CT molecular complexity index is 3930. The highest BCUT2D eigenvalue weighted by molar-refractivity contribution is 14.1. The number of benzene rings is 2. The SMILES string of the molecule is C=C(OS(=O)(=O)C(F)(F)F)[C@H](C)C[C@H]1CC[C@@H]2O[C@@H](CCC(C=C[C@H](O[Si](C)(C)C(C)(C)C)[C@@H]3O[C@H]4CC[C@H](CC(O)C(C5[C@H](CCO[Si](CC)(CC)CC)O[C@H](C[C@@H](CO[Si](C)(C)C(C)(C)C)O[Si](C)(C)C(C)(C)C)[C@@H]5OC)S(=O)(=O)c5ccccc5)O[C@@H]4[C@H](O[Si](C)(C)C(C)(C)C)[C@@H]3O[Si](C)(C)C(C)(C)C)OC(=O)c3ccccc3)C[C@]2(CI)O1. The largest absolute Gasteiger partial charge is 0.534 e. The van der Waals surface area contributed by atoms with E-state index in [1.54, 1.807) is 68.6 Å². The Hall–Kier alpha value is -1.61. The molecule has 20 atom stereocenters. The summed E-state index contributed by atoms with van der Waals surface area (Å²) < 4.78 is 197. The van der Waals surface area contributed by atoms with Crippen molar-refractivity contribution in [1.82, 2.24) is 0 Å². The maximum absolute atomic E-state index is 16.3. The smallest absolute Gasteiger partial charge is 0.455 e. The Morgan fingerprint density at radius 2 is 1.16 bits per heavy atom. The van der Waals surface area contributed by atoms with Crippen molar-refractivity contribution in [3.63, 3.8) is 0 Å². The fraction of sp³-hybridized carbons (Fsp3) is 0.811. The number of carbonyl (C=O) groups excluding carboxylic acids is 1. The Balaban J connectivity index is 1.32. The summed E-state index contributed by atoms with van der Waals surface area (Å²) in [7, 11) is -24.3. The lowest BCUT2D eigenvalue weighted by molar-refractivity contribution is -0.268. The van der Waals surface area contributed by atoms with Gasteiger partial charge in [0, 0.05) is 49.2 Å². The maximum atomic E-state index is 16.3. The van der Waals surface area contributed by atoms with Gasteiger partial charge in [-0.15, -0.1) is 0 Å². The zero-order valence-corrected chi connectivity index (χ0v) is 89.4. The predicted molar refractivity (Wildman–Crippen MR) is 503 cm³/mol. The molecule has 702 valence electrons. The number of methoxy groups -OCH3 is 1. The van der Waals surface area contributed by atoms with Gasteiger partial charge in [0.2, 0.25) is 0 Å². The molecule has 0 aliphatic carbocycles. The van der Waals surface area contributed by atoms with Crippen LogP contribution < -0.4 is 0 Å². The molecule has 2 aromatic rings. The number of esters is 1. The average molecular weight is 1980 g/mol. The summed E-state index contributed by atoms with van der Waals surface area (Å²) in [6.07, 6.45) is -4.03. The van der Waals surface area contributed by atoms with E-state index in [4.69, 9.17) is 59.7 Å². The molecule has 0 radical (unpaired) electrons. The third-order valence-corrected chi connectivity index (χ3v) is 61.1. The van der Waals surface area contributed by atoms with E-state index in [1.165, 1.54) is 0 Å². The van der Waals surface area contributed by atoms with Crippen LogP contribution in [0.1, 0.15) is 213 Å². The van der Waals surface area contributed by atoms with Crippen molar-refractivity contribution in [2.45, 2.75) is 430 Å². The van der Waals surface area contributed by atoms with Gasteiger partial charge in [0.25, 0.3) is 0 Å². The highest BCUT2D eigenvalue weighted by Crippen LogP contribution is 2.52. The van der Waals surface area contributed by atoms with E-state index in [0.29, 0.717) is 81.0 Å². The molecular formula is C90H158F3IO20S2Si6. The monoisotopic (exact) mass is 1970 g/mol. The molecule has 7 rings (SSSR count). The number of fused-ring (bicyclic) bond motifs is 2. The van der Waals surface area contributed by atoms with E-state index >= 15 is 8.42 Å². The summed E-state index contributed by atoms with van der Waals surface area (Å²) in [6, 6.07) is 20.0. The fourth-order valence-corrected chi connectivity index (χ4v) is 28.8. The second kappa shape index (κ2) is 41.7. The van der Waals surface area contributed by atoms with Gasteiger partial charge < -0.3 is 69.0 Å². The number of sulfone groups is 1. The van der Waals surface area contributed by atoms with Crippen LogP contribution in [0.3, 0.4) is 0 Å². The minimum atomic E-state index is -5.91. The van der Waals surface area contributed by atoms with Crippen LogP contribution in [0, 0.1) is 11.8 Å². The lowest BCUT2D eigenvalue weighted by atomic mass is 9.84. The number of aliphatic hydroxyl groups is 1. The van der Waals surface area contributed by atoms with Crippen LogP contribution in [0.4, 0.5) is 13.2 Å². The lowest BCUT2D eigenvalue weighted by Crippen LogP contribution is -2.69. The van der Waals surface area contributed by atoms with Crippen molar-refractivity contribution in [3.05, 3.63) is 90.7 Å². The molecule has 5 aliphatic heterocycles. The third-order valence-electron chi connectivity index (χ3n) is 29.4. The van der Waals surface area contributed by atoms with E-state index in [9.17, 15) is 31.5 Å². The topological polar surface area (TPSA) is 235 Å². The number of carbonyl (C=O) groups is 1. The normalized spacial score (nSPS) is 27.7. The number of ether oxygens (including phenoxy) is 7. The van der Waals surface area contributed by atoms with Crippen LogP contribution in [0.5, 0.6) is 0 Å². The minimum Gasteiger partial charge on any atom is -0.455 e. The first-order valence-electron chi connectivity index (χ1n) is 44.8. The van der Waals surface area contributed by atoms with Crippen molar-refractivity contribution >= 4 is 98.4 Å². The number of rotatable bonds is 41. The molecule has 122 heavy (non-hydrogen) atoms. The van der Waals surface area contributed by atoms with E-state index in [2.05, 4.69) is 223 Å². The molecule has 4 unspecified atom stereocenters. The molecule has 5 heterocycles. The first kappa shape index (κ1) is 107. The van der Waals surface area contributed by atoms with Gasteiger partial charge in [0.15, 0.2) is 59.7 Å². The van der Waals surface area contributed by atoms with E-state index in [0.717, 1.165) is 18.1 Å². The van der Waals surface area contributed by atoms with Gasteiger partial charge in [-0.05, 0) is 191 Å². The summed E-state index contributed by atoms with van der Waals surface area (Å²) in [5.41, 5.74) is -6.03. The summed E-state index contributed by atoms with van der Waals surface area (Å²) in [5, 5.41) is 11.1. The molecule has 2 aromatic carbocycles. The molecule has 20 nitrogen and oxygen atoms in total. The van der Waals surface area contributed by atoms with Gasteiger partial charge in [-0.1, -0.05) is 203 Å². The molecule has 5 aliphatic rings. The number of hydrogen-bond donors (Lipinski definition) is 1. The summed E-state index contributed by atoms with van der Waals surface area (Å²) in [6.45, 7) is 67.7. The van der Waals surface area contributed by atoms with Crippen molar-refractivity contribution in [2.75, 3.05) is 24.8 Å². The first-order valence-corrected chi connectivity index (χ1v) is 66.4. The number of hydrogen-bond acceptors (Lipinski definition) is 20. The maximum Gasteiger partial charge on any atom is 0.534 e. The van der Waals surface area contributed by atoms with Crippen molar-refractivity contribution in [1.29, 1.82) is 0 Å². The second-order valence-corrected chi connectivity index (χ2v) is 76.1. The van der Waals surface area contributed by atoms with Gasteiger partial charge in [0.05, 0.1) is 89.5 Å². The third kappa shape index (κ3) is 26.4. The molecule has 5 saturated heterocycles. The van der Waals surface area contributed by atoms with Gasteiger partial charge in [-0.3, -0.25) is 0 Å². The van der Waals surface area contributed by atoms with Crippen LogP contribution >= 0.6 is 22.6 Å². The second-order valence-electron chi connectivity index (χ2n) is 43.1. The molecule has 0 spiro atoms. The Morgan fingerprint density at radius 3 is 1.68 bits per heavy atom. The standard InChI is InChI=1S/C90H158F3IO20S2Si6/c1-32-122(33-2,34-3)102-54-53-71-76(77(101-21)74(107-71)57-68(111-118(24,25)85(9,10)11)59-103-117(22,23)84(6,7)8)82(115(97,98)69-43-39-36-40-44-69)70(95)56-65-48-50-72-78(105-65)80(113-120(28,29)87(15,16)17)81(114-121(30,31)88(18,19)20)79(108-72)73(112-119(26,27)86(12,13)14)51-47-64(106-83(96)63-41-37-35-38-42-63)45-46-67-58-89(60-94)75(104-67)52-49-66(109-89)55-61(4)62(5)110-116(99,100)90(91,92)93/h35-44,47,51,61,64-68,70-82,95H,5,32-34,45-46,48-50,52-60H2,1-4,6-31H3/t61-,64?,65-,66-,67+,68+,70?,71+,72+,73+,74-,75+,76?,77+,78+,79+,80+,81-,82?,89-/m1/s1. The van der Waals surface area contributed by atoms with E-state index in [-0.39, 0.29) is 55.1 Å². The van der Waals surface area contributed by atoms with Gasteiger partial charge in [-0.2, -0.15) is 21.6 Å². The highest BCUT2D eigenvalue weighted by atomic mass is 127. The molecular weight excluding hydrogens is 1820 g/mol. The first-order chi connectivity index (χ1) is 55.8. The van der Waals surface area contributed by atoms with Crippen molar-refractivity contribution in [2.24, 2.45) is 11.8 Å². The lowest BCUT2D eigenvalue weighted by Gasteiger charge is -2.56. The fourth-order valence-electron chi connectivity index (χ4n) is 16.2. The zero-order valence-electron chi connectivity index (χ0n) is 79.7. The summed E-state index contributed by atoms with van der Waals surface area (Å²) in [5.74, 6) is -2.76. The number of aliphatic hydroxyl groups excluding tert-OH is 1. The minimum absolute atomic E-state index is 0.0703. The van der Waals surface area contributed by atoms with Crippen LogP contribution in [-0.4, -0.2) is 217 Å². The summed E-state index contributed by atoms with van der Waals surface area (Å²) in [4.78, 5) is 14.6.